The zero-order valence-electron chi connectivity index (χ0n) is 10.8. The molecule has 0 aromatic heterocycles. The summed E-state index contributed by atoms with van der Waals surface area (Å²) in [5.41, 5.74) is 0.868. The molecule has 0 radical (unpaired) electrons. The second-order valence-corrected chi connectivity index (χ2v) is 6.45. The summed E-state index contributed by atoms with van der Waals surface area (Å²) in [6, 6.07) is 0. The number of likely N-dealkylation sites (tertiary alicyclic amines) is 2. The lowest BCUT2D eigenvalue weighted by atomic mass is 9.86. The number of hydrogen-bond acceptors (Lipinski definition) is 2. The smallest absolute Gasteiger partial charge is 0.0345 e. The van der Waals surface area contributed by atoms with Gasteiger partial charge in [-0.25, -0.2) is 0 Å². The van der Waals surface area contributed by atoms with Gasteiger partial charge >= 0.3 is 0 Å². The van der Waals surface area contributed by atoms with Crippen LogP contribution in [0, 0.1) is 0 Å². The molecule has 0 saturated carbocycles. The number of rotatable bonds is 0. The van der Waals surface area contributed by atoms with E-state index in [1.165, 1.54) is 45.3 Å². The van der Waals surface area contributed by atoms with Crippen molar-refractivity contribution in [2.24, 2.45) is 0 Å². The maximum absolute atomic E-state index is 2.66. The van der Waals surface area contributed by atoms with Gasteiger partial charge < -0.3 is 0 Å². The van der Waals surface area contributed by atoms with Crippen molar-refractivity contribution in [3.05, 3.63) is 0 Å². The van der Waals surface area contributed by atoms with Crippen LogP contribution in [0.1, 0.15) is 46.5 Å². The molecular weight excluding hydrogens is 184 g/mol. The van der Waals surface area contributed by atoms with Gasteiger partial charge in [-0.1, -0.05) is 6.42 Å². The molecule has 0 N–H and O–H groups in total. The normalized spacial score (nSPS) is 35.2. The molecule has 2 rings (SSSR count). The number of nitrogens with zero attached hydrogens (tertiary/aromatic N) is 2. The van der Waals surface area contributed by atoms with Gasteiger partial charge in [0.25, 0.3) is 0 Å². The number of piperidine rings is 1. The maximum atomic E-state index is 2.66. The summed E-state index contributed by atoms with van der Waals surface area (Å²) in [6.45, 7) is 10.9. The Balaban J connectivity index is 2.07. The fourth-order valence-electron chi connectivity index (χ4n) is 3.18. The lowest BCUT2D eigenvalue weighted by Gasteiger charge is -2.44. The fraction of sp³-hybridized carbons (Fsp3) is 1.00. The van der Waals surface area contributed by atoms with E-state index >= 15 is 0 Å². The summed E-state index contributed by atoms with van der Waals surface area (Å²) in [5, 5.41) is 0. The Morgan fingerprint density at radius 2 is 1.73 bits per heavy atom. The van der Waals surface area contributed by atoms with Crippen molar-refractivity contribution in [1.82, 2.24) is 9.80 Å². The Hall–Kier alpha value is -0.0800. The first kappa shape index (κ1) is 11.4. The summed E-state index contributed by atoms with van der Waals surface area (Å²) in [5.74, 6) is 0. The molecule has 0 bridgehead atoms. The molecule has 2 fully saturated rings. The van der Waals surface area contributed by atoms with Gasteiger partial charge in [0.05, 0.1) is 0 Å². The average Bonchev–Trinajstić information content (AvgIpc) is 2.55. The monoisotopic (exact) mass is 210 g/mol. The standard InChI is InChI=1S/C13H26N2/c1-12(2,3)15-10-8-13(11-15)7-5-6-9-14(13)4/h5-11H2,1-4H3. The van der Waals surface area contributed by atoms with Crippen LogP contribution in [0.2, 0.25) is 0 Å². The third kappa shape index (κ3) is 2.07. The predicted octanol–water partition coefficient (Wildman–Crippen LogP) is 2.35. The molecule has 88 valence electrons. The minimum atomic E-state index is 0.349. The van der Waals surface area contributed by atoms with Crippen LogP contribution in [0.25, 0.3) is 0 Å². The molecule has 2 aliphatic heterocycles. The van der Waals surface area contributed by atoms with Gasteiger partial charge in [0.2, 0.25) is 0 Å². The molecule has 0 amide bonds. The van der Waals surface area contributed by atoms with Gasteiger partial charge in [-0.2, -0.15) is 0 Å². The Morgan fingerprint density at radius 1 is 1.00 bits per heavy atom. The lowest BCUT2D eigenvalue weighted by molar-refractivity contribution is 0.0635. The van der Waals surface area contributed by atoms with E-state index in [0.29, 0.717) is 11.1 Å². The largest absolute Gasteiger partial charge is 0.299 e. The molecule has 15 heavy (non-hydrogen) atoms. The summed E-state index contributed by atoms with van der Waals surface area (Å²) in [4.78, 5) is 5.29. The molecule has 2 saturated heterocycles. The van der Waals surface area contributed by atoms with Crippen LogP contribution in [-0.2, 0) is 0 Å². The Bertz CT molecular complexity index is 231. The number of likely N-dealkylation sites (N-methyl/N-ethyl adjacent to an activating group) is 1. The summed E-state index contributed by atoms with van der Waals surface area (Å²) in [6.07, 6.45) is 5.62. The van der Waals surface area contributed by atoms with Gasteiger partial charge in [-0.3, -0.25) is 9.80 Å². The zero-order chi connectivity index (χ0) is 11.1. The number of hydrogen-bond donors (Lipinski definition) is 0. The van der Waals surface area contributed by atoms with Crippen LogP contribution in [-0.4, -0.2) is 47.6 Å². The second kappa shape index (κ2) is 3.74. The third-order valence-corrected chi connectivity index (χ3v) is 4.48. The lowest BCUT2D eigenvalue weighted by Crippen LogP contribution is -2.53. The molecule has 2 heterocycles. The van der Waals surface area contributed by atoms with Crippen LogP contribution >= 0.6 is 0 Å². The zero-order valence-corrected chi connectivity index (χ0v) is 10.8. The first-order valence-corrected chi connectivity index (χ1v) is 6.40. The summed E-state index contributed by atoms with van der Waals surface area (Å²) < 4.78 is 0. The van der Waals surface area contributed by atoms with Crippen molar-refractivity contribution in [3.63, 3.8) is 0 Å². The highest BCUT2D eigenvalue weighted by molar-refractivity contribution is 5.02. The quantitative estimate of drug-likeness (QED) is 0.605. The SMILES string of the molecule is CN1CCCCC12CCN(C(C)(C)C)C2. The van der Waals surface area contributed by atoms with Crippen molar-refractivity contribution in [1.29, 1.82) is 0 Å². The summed E-state index contributed by atoms with van der Waals surface area (Å²) in [7, 11) is 2.32. The van der Waals surface area contributed by atoms with E-state index in [9.17, 15) is 0 Å². The Morgan fingerprint density at radius 3 is 2.27 bits per heavy atom. The van der Waals surface area contributed by atoms with Crippen LogP contribution in [0.3, 0.4) is 0 Å². The van der Waals surface area contributed by atoms with Crippen molar-refractivity contribution in [2.75, 3.05) is 26.7 Å². The summed E-state index contributed by atoms with van der Waals surface area (Å²) >= 11 is 0. The van der Waals surface area contributed by atoms with E-state index in [1.807, 2.05) is 0 Å². The van der Waals surface area contributed by atoms with Gasteiger partial charge in [0, 0.05) is 24.2 Å². The average molecular weight is 210 g/mol. The molecule has 2 aliphatic rings. The molecule has 2 heteroatoms. The molecule has 1 unspecified atom stereocenters. The topological polar surface area (TPSA) is 6.48 Å². The second-order valence-electron chi connectivity index (χ2n) is 6.45. The van der Waals surface area contributed by atoms with Crippen LogP contribution in [0.4, 0.5) is 0 Å². The predicted molar refractivity (Wildman–Crippen MR) is 65.2 cm³/mol. The first-order chi connectivity index (χ1) is 6.94. The van der Waals surface area contributed by atoms with Crippen molar-refractivity contribution >= 4 is 0 Å². The molecule has 0 aliphatic carbocycles. The minimum Gasteiger partial charge on any atom is -0.299 e. The van der Waals surface area contributed by atoms with E-state index in [2.05, 4.69) is 37.6 Å². The highest BCUT2D eigenvalue weighted by Gasteiger charge is 2.44. The van der Waals surface area contributed by atoms with Gasteiger partial charge in [-0.05, 0) is 53.6 Å². The first-order valence-electron chi connectivity index (χ1n) is 6.40. The highest BCUT2D eigenvalue weighted by Crippen LogP contribution is 2.37. The molecule has 0 aromatic carbocycles. The van der Waals surface area contributed by atoms with Crippen molar-refractivity contribution in [3.8, 4) is 0 Å². The van der Waals surface area contributed by atoms with E-state index in [0.717, 1.165) is 0 Å². The van der Waals surface area contributed by atoms with Crippen LogP contribution < -0.4 is 0 Å². The van der Waals surface area contributed by atoms with Crippen LogP contribution in [0.5, 0.6) is 0 Å². The molecule has 1 spiro atoms. The van der Waals surface area contributed by atoms with E-state index in [4.69, 9.17) is 0 Å². The van der Waals surface area contributed by atoms with Gasteiger partial charge in [-0.15, -0.1) is 0 Å². The maximum Gasteiger partial charge on any atom is 0.0345 e. The van der Waals surface area contributed by atoms with E-state index < -0.39 is 0 Å². The van der Waals surface area contributed by atoms with Crippen molar-refractivity contribution in [2.45, 2.75) is 57.5 Å². The fourth-order valence-corrected chi connectivity index (χ4v) is 3.18. The molecule has 0 aromatic rings. The van der Waals surface area contributed by atoms with E-state index in [1.54, 1.807) is 0 Å². The van der Waals surface area contributed by atoms with Crippen LogP contribution in [0.15, 0.2) is 0 Å². The van der Waals surface area contributed by atoms with Gasteiger partial charge in [0.1, 0.15) is 0 Å². The Labute approximate surface area is 94.6 Å². The minimum absolute atomic E-state index is 0.349. The molecule has 1 atom stereocenters. The van der Waals surface area contributed by atoms with E-state index in [-0.39, 0.29) is 0 Å². The highest BCUT2D eigenvalue weighted by atomic mass is 15.3. The third-order valence-electron chi connectivity index (χ3n) is 4.48. The van der Waals surface area contributed by atoms with Gasteiger partial charge in [0.15, 0.2) is 0 Å². The Kier molecular flexibility index (Phi) is 2.85. The molecule has 2 nitrogen and oxygen atoms in total. The molecular formula is C13H26N2. The van der Waals surface area contributed by atoms with Crippen molar-refractivity contribution < 1.29 is 0 Å².